The van der Waals surface area contributed by atoms with Gasteiger partial charge in [-0.1, -0.05) is 0 Å². The summed E-state index contributed by atoms with van der Waals surface area (Å²) in [6, 6.07) is 0. The van der Waals surface area contributed by atoms with Gasteiger partial charge in [0.05, 0.1) is 7.11 Å². The highest BCUT2D eigenvalue weighted by molar-refractivity contribution is 5.20. The summed E-state index contributed by atoms with van der Waals surface area (Å²) < 4.78 is 4.65. The molecule has 0 saturated heterocycles. The van der Waals surface area contributed by atoms with Gasteiger partial charge in [0.15, 0.2) is 11.5 Å². The second kappa shape index (κ2) is 9.59. The molecule has 0 atom stereocenters. The van der Waals surface area contributed by atoms with Crippen LogP contribution in [-0.2, 0) is 4.74 Å². The summed E-state index contributed by atoms with van der Waals surface area (Å²) in [6.45, 7) is 28.4. The highest BCUT2D eigenvalue weighted by Crippen LogP contribution is 2.06. The number of hydrogen-bond acceptors (Lipinski definition) is 2. The van der Waals surface area contributed by atoms with Gasteiger partial charge in [-0.3, -0.25) is 0 Å². The molecule has 0 spiro atoms. The predicted molar refractivity (Wildman–Crippen MR) is 61.4 cm³/mol. The number of ether oxygens (including phenoxy) is 1. The zero-order valence-corrected chi connectivity index (χ0v) is 9.64. The molecular weight excluding hydrogens is 220 g/mol. The standard InChI is InChI=1S/C6H6N2O.C5H4N2O/c1-5(9-4)6(7-2)8-3;1-4(8)5(6-2)7-3/h1,4H3;8H,1H3. The van der Waals surface area contributed by atoms with Gasteiger partial charge in [-0.15, -0.1) is 0 Å². The van der Waals surface area contributed by atoms with E-state index in [-0.39, 0.29) is 17.4 Å². The quantitative estimate of drug-likeness (QED) is 0.555. The lowest BCUT2D eigenvalue weighted by Gasteiger charge is -1.89. The van der Waals surface area contributed by atoms with Crippen molar-refractivity contribution in [3.8, 4) is 0 Å². The van der Waals surface area contributed by atoms with Gasteiger partial charge in [0.2, 0.25) is 0 Å². The van der Waals surface area contributed by atoms with Gasteiger partial charge in [-0.2, -0.15) is 19.4 Å². The molecule has 86 valence electrons. The van der Waals surface area contributed by atoms with Gasteiger partial charge in [0.1, 0.15) is 26.3 Å². The first kappa shape index (κ1) is 16.5. The maximum absolute atomic E-state index is 8.46. The lowest BCUT2D eigenvalue weighted by Crippen LogP contribution is -1.80. The Morgan fingerprint density at radius 1 is 0.882 bits per heavy atom. The largest absolute Gasteiger partial charge is 0.557 e. The molecule has 0 fully saturated rings. The van der Waals surface area contributed by atoms with Gasteiger partial charge in [-0.25, -0.2) is 0 Å². The van der Waals surface area contributed by atoms with Gasteiger partial charge in [0.25, 0.3) is 0 Å². The van der Waals surface area contributed by atoms with Crippen LogP contribution in [0.2, 0.25) is 0 Å². The van der Waals surface area contributed by atoms with E-state index in [9.17, 15) is 0 Å². The molecule has 1 N–H and O–H groups in total. The first-order valence-electron chi connectivity index (χ1n) is 4.12. The molecule has 17 heavy (non-hydrogen) atoms. The summed E-state index contributed by atoms with van der Waals surface area (Å²) in [7, 11) is 1.44. The summed E-state index contributed by atoms with van der Waals surface area (Å²) in [5, 5.41) is 8.46. The predicted octanol–water partition coefficient (Wildman–Crippen LogP) is 3.23. The molecule has 0 heterocycles. The molecule has 0 saturated carbocycles. The topological polar surface area (TPSA) is 46.9 Å². The molecule has 0 aliphatic heterocycles. The van der Waals surface area contributed by atoms with Crippen LogP contribution in [0.1, 0.15) is 13.8 Å². The molecule has 0 aromatic rings. The molecule has 0 amide bonds. The minimum Gasteiger partial charge on any atom is -0.516 e. The van der Waals surface area contributed by atoms with Crippen LogP contribution in [0.3, 0.4) is 0 Å². The Balaban J connectivity index is 0. The number of hydrogen-bond donors (Lipinski definition) is 1. The Bertz CT molecular complexity index is 454. The number of rotatable bonds is 1. The lowest BCUT2D eigenvalue weighted by molar-refractivity contribution is 0.291. The van der Waals surface area contributed by atoms with Gasteiger partial charge in [0, 0.05) is 0 Å². The molecule has 0 radical (unpaired) electrons. The molecular formula is C11H10N4O2. The van der Waals surface area contributed by atoms with E-state index in [1.807, 2.05) is 0 Å². The van der Waals surface area contributed by atoms with Crippen LogP contribution in [-0.4, -0.2) is 12.2 Å². The number of aliphatic hydroxyl groups is 1. The molecule has 0 aromatic carbocycles. The molecule has 0 aliphatic carbocycles. The fourth-order valence-electron chi connectivity index (χ4n) is 0.461. The van der Waals surface area contributed by atoms with Crippen molar-refractivity contribution in [2.75, 3.05) is 7.11 Å². The Hall–Kier alpha value is -2.96. The fourth-order valence-corrected chi connectivity index (χ4v) is 0.461. The van der Waals surface area contributed by atoms with Gasteiger partial charge in [-0.05, 0) is 13.8 Å². The van der Waals surface area contributed by atoms with Crippen molar-refractivity contribution >= 4 is 0 Å². The number of aliphatic hydroxyl groups excluding tert-OH is 1. The van der Waals surface area contributed by atoms with E-state index >= 15 is 0 Å². The Kier molecular flexibility index (Phi) is 9.29. The van der Waals surface area contributed by atoms with Gasteiger partial charge < -0.3 is 9.84 Å². The molecule has 0 unspecified atom stereocenters. The van der Waals surface area contributed by atoms with Crippen LogP contribution >= 0.6 is 0 Å². The average molecular weight is 230 g/mol. The minimum atomic E-state index is -0.259. The monoisotopic (exact) mass is 230 g/mol. The van der Waals surface area contributed by atoms with E-state index < -0.39 is 0 Å². The normalized spacial score (nSPS) is 6.53. The highest BCUT2D eigenvalue weighted by atomic mass is 16.5. The van der Waals surface area contributed by atoms with Crippen molar-refractivity contribution in [3.63, 3.8) is 0 Å². The molecule has 0 aliphatic rings. The molecule has 6 nitrogen and oxygen atoms in total. The lowest BCUT2D eigenvalue weighted by atomic mass is 10.5. The summed E-state index contributed by atoms with van der Waals surface area (Å²) in [4.78, 5) is 11.3. The maximum atomic E-state index is 8.46. The SMILES string of the molecule is [C-]#[N+]C([N+]#[C-])=C(C)O.[C-]#[N+]C([N+]#[C-])=C(C)OC. The minimum absolute atomic E-state index is 0.00231. The first-order valence-corrected chi connectivity index (χ1v) is 4.12. The van der Waals surface area contributed by atoms with Crippen LogP contribution in [0.5, 0.6) is 0 Å². The van der Waals surface area contributed by atoms with Crippen LogP contribution in [0.15, 0.2) is 23.2 Å². The molecule has 6 heteroatoms. The van der Waals surface area contributed by atoms with E-state index in [0.29, 0.717) is 5.76 Å². The summed E-state index contributed by atoms with van der Waals surface area (Å²) in [5.41, 5.74) is 0. The van der Waals surface area contributed by atoms with Crippen molar-refractivity contribution in [2.24, 2.45) is 0 Å². The van der Waals surface area contributed by atoms with Crippen LogP contribution in [0.4, 0.5) is 0 Å². The third kappa shape index (κ3) is 7.03. The maximum Gasteiger partial charge on any atom is 0.557 e. The molecule has 0 aromatic heterocycles. The fraction of sp³-hybridized carbons (Fsp3) is 0.273. The van der Waals surface area contributed by atoms with Crippen LogP contribution < -0.4 is 0 Å². The second-order valence-electron chi connectivity index (χ2n) is 2.44. The zero-order chi connectivity index (χ0) is 13.8. The van der Waals surface area contributed by atoms with Crippen LogP contribution in [0.25, 0.3) is 19.4 Å². The highest BCUT2D eigenvalue weighted by Gasteiger charge is 2.08. The second-order valence-corrected chi connectivity index (χ2v) is 2.44. The summed E-state index contributed by atoms with van der Waals surface area (Å²) in [5.74, 6) is -0.0995. The Morgan fingerprint density at radius 3 is 1.29 bits per heavy atom. The summed E-state index contributed by atoms with van der Waals surface area (Å²) >= 11 is 0. The van der Waals surface area contributed by atoms with Gasteiger partial charge >= 0.3 is 11.6 Å². The number of allylic oxidation sites excluding steroid dienone is 2. The van der Waals surface area contributed by atoms with Crippen molar-refractivity contribution < 1.29 is 9.84 Å². The Labute approximate surface area is 100 Å². The van der Waals surface area contributed by atoms with E-state index in [1.54, 1.807) is 6.92 Å². The number of methoxy groups -OCH3 is 1. The zero-order valence-electron chi connectivity index (χ0n) is 9.64. The van der Waals surface area contributed by atoms with Crippen molar-refractivity contribution in [3.05, 3.63) is 68.8 Å². The van der Waals surface area contributed by atoms with E-state index in [2.05, 4.69) is 24.1 Å². The van der Waals surface area contributed by atoms with Crippen molar-refractivity contribution in [2.45, 2.75) is 13.8 Å². The van der Waals surface area contributed by atoms with Crippen LogP contribution in [0, 0.1) is 26.3 Å². The molecule has 0 rings (SSSR count). The summed E-state index contributed by atoms with van der Waals surface area (Å²) in [6.07, 6.45) is 0. The van der Waals surface area contributed by atoms with E-state index in [0.717, 1.165) is 0 Å². The average Bonchev–Trinajstić information content (AvgIpc) is 2.32. The third-order valence-electron chi connectivity index (χ3n) is 1.37. The first-order chi connectivity index (χ1) is 7.98. The Morgan fingerprint density at radius 2 is 1.24 bits per heavy atom. The van der Waals surface area contributed by atoms with E-state index in [1.165, 1.54) is 14.0 Å². The number of nitrogens with zero attached hydrogens (tertiary/aromatic N) is 4. The van der Waals surface area contributed by atoms with Crippen molar-refractivity contribution in [1.82, 2.24) is 0 Å². The van der Waals surface area contributed by atoms with Crippen molar-refractivity contribution in [1.29, 1.82) is 0 Å². The molecule has 0 bridgehead atoms. The third-order valence-corrected chi connectivity index (χ3v) is 1.37. The smallest absolute Gasteiger partial charge is 0.516 e. The van der Waals surface area contributed by atoms with E-state index in [4.69, 9.17) is 31.4 Å².